The third-order valence-electron chi connectivity index (χ3n) is 4.57. The summed E-state index contributed by atoms with van der Waals surface area (Å²) in [7, 11) is 0. The minimum absolute atomic E-state index is 0.0439. The Morgan fingerprint density at radius 2 is 2.07 bits per heavy atom. The molecule has 4 rings (SSSR count). The molecule has 0 aliphatic carbocycles. The van der Waals surface area contributed by atoms with E-state index in [0.29, 0.717) is 23.7 Å². The van der Waals surface area contributed by atoms with E-state index in [0.717, 1.165) is 16.0 Å². The van der Waals surface area contributed by atoms with Gasteiger partial charge < -0.3 is 0 Å². The van der Waals surface area contributed by atoms with Gasteiger partial charge in [0.15, 0.2) is 5.13 Å². The average molecular weight is 441 g/mol. The summed E-state index contributed by atoms with van der Waals surface area (Å²) in [6.45, 7) is 3.10. The molecule has 0 aliphatic heterocycles. The average Bonchev–Trinajstić information content (AvgIpc) is 3.39. The lowest BCUT2D eigenvalue weighted by Gasteiger charge is -2.20. The normalized spacial score (nSPS) is 11.1. The number of thiazole rings is 1. The number of thioether (sulfide) groups is 1. The predicted octanol–water partition coefficient (Wildman–Crippen LogP) is 5.02. The summed E-state index contributed by atoms with van der Waals surface area (Å²) in [4.78, 5) is 20.7. The van der Waals surface area contributed by atoms with Gasteiger partial charge in [0.2, 0.25) is 5.91 Å². The number of aromatic nitrogens is 3. The number of carbonyl (C=O) groups is 1. The maximum atomic E-state index is 13.6. The Morgan fingerprint density at radius 1 is 1.23 bits per heavy atom. The van der Waals surface area contributed by atoms with E-state index in [1.165, 1.54) is 28.4 Å². The first-order valence-electron chi connectivity index (χ1n) is 9.68. The van der Waals surface area contributed by atoms with E-state index in [1.807, 2.05) is 36.5 Å². The van der Waals surface area contributed by atoms with Crippen LogP contribution in [0.15, 0.2) is 65.8 Å². The highest BCUT2D eigenvalue weighted by Crippen LogP contribution is 2.30. The number of anilines is 1. The fraction of sp³-hybridized carbons (Fsp3) is 0.227. The van der Waals surface area contributed by atoms with E-state index < -0.39 is 0 Å². The van der Waals surface area contributed by atoms with Crippen LogP contribution < -0.4 is 4.90 Å². The summed E-state index contributed by atoms with van der Waals surface area (Å²) in [6.07, 6.45) is 3.85. The molecule has 4 aromatic rings. The van der Waals surface area contributed by atoms with Gasteiger partial charge in [-0.3, -0.25) is 14.4 Å². The van der Waals surface area contributed by atoms with Crippen LogP contribution >= 0.6 is 23.1 Å². The molecule has 2 heterocycles. The first-order valence-corrected chi connectivity index (χ1v) is 11.5. The van der Waals surface area contributed by atoms with Crippen molar-refractivity contribution in [1.29, 1.82) is 0 Å². The molecule has 8 heteroatoms. The molecule has 0 aliphatic rings. The molecule has 1 amide bonds. The fourth-order valence-corrected chi connectivity index (χ4v) is 4.80. The molecule has 0 spiro atoms. The van der Waals surface area contributed by atoms with Gasteiger partial charge >= 0.3 is 0 Å². The second-order valence-corrected chi connectivity index (χ2v) is 9.02. The monoisotopic (exact) mass is 440 g/mol. The van der Waals surface area contributed by atoms with Crippen molar-refractivity contribution < 1.29 is 9.18 Å². The van der Waals surface area contributed by atoms with Crippen molar-refractivity contribution in [2.24, 2.45) is 0 Å². The quantitative estimate of drug-likeness (QED) is 0.361. The van der Waals surface area contributed by atoms with E-state index in [-0.39, 0.29) is 18.1 Å². The first-order chi connectivity index (χ1) is 14.6. The Kier molecular flexibility index (Phi) is 6.44. The van der Waals surface area contributed by atoms with Crippen molar-refractivity contribution in [3.63, 3.8) is 0 Å². The van der Waals surface area contributed by atoms with Gasteiger partial charge in [-0.2, -0.15) is 5.10 Å². The van der Waals surface area contributed by atoms with E-state index >= 15 is 0 Å². The second-order valence-electron chi connectivity index (χ2n) is 6.68. The van der Waals surface area contributed by atoms with Crippen LogP contribution in [-0.2, 0) is 17.8 Å². The number of hydrogen-bond acceptors (Lipinski definition) is 5. The topological polar surface area (TPSA) is 51.0 Å². The molecular formula is C22H21FN4OS2. The Labute approximate surface area is 182 Å². The highest BCUT2D eigenvalue weighted by molar-refractivity contribution is 7.99. The molecule has 5 nitrogen and oxygen atoms in total. The van der Waals surface area contributed by atoms with E-state index in [2.05, 4.69) is 17.0 Å². The molecule has 2 aromatic heterocycles. The van der Waals surface area contributed by atoms with Crippen molar-refractivity contribution in [2.75, 3.05) is 17.2 Å². The summed E-state index contributed by atoms with van der Waals surface area (Å²) in [6, 6.07) is 14.4. The summed E-state index contributed by atoms with van der Waals surface area (Å²) in [5.74, 6) is 0.659. The van der Waals surface area contributed by atoms with Gasteiger partial charge in [0, 0.05) is 23.8 Å². The number of hydrogen-bond donors (Lipinski definition) is 0. The van der Waals surface area contributed by atoms with Crippen LogP contribution in [0, 0.1) is 5.82 Å². The smallest absolute Gasteiger partial charge is 0.233 e. The van der Waals surface area contributed by atoms with Gasteiger partial charge in [-0.15, -0.1) is 11.8 Å². The third kappa shape index (κ3) is 4.88. The van der Waals surface area contributed by atoms with Gasteiger partial charge in [0.1, 0.15) is 5.82 Å². The molecule has 30 heavy (non-hydrogen) atoms. The van der Waals surface area contributed by atoms with Crippen LogP contribution in [0.25, 0.3) is 10.2 Å². The van der Waals surface area contributed by atoms with Gasteiger partial charge in [0.25, 0.3) is 0 Å². The van der Waals surface area contributed by atoms with Gasteiger partial charge in [-0.25, -0.2) is 9.37 Å². The van der Waals surface area contributed by atoms with Crippen molar-refractivity contribution in [2.45, 2.75) is 24.8 Å². The molecule has 0 saturated heterocycles. The second kappa shape index (κ2) is 9.40. The van der Waals surface area contributed by atoms with E-state index in [4.69, 9.17) is 0 Å². The first kappa shape index (κ1) is 20.6. The molecule has 0 saturated carbocycles. The van der Waals surface area contributed by atoms with Crippen molar-refractivity contribution in [3.8, 4) is 0 Å². The van der Waals surface area contributed by atoms with Crippen molar-refractivity contribution in [3.05, 3.63) is 72.3 Å². The number of rotatable bonds is 8. The lowest BCUT2D eigenvalue weighted by atomic mass is 10.1. The van der Waals surface area contributed by atoms with Crippen LogP contribution in [-0.4, -0.2) is 33.0 Å². The molecule has 0 N–H and O–H groups in total. The summed E-state index contributed by atoms with van der Waals surface area (Å²) < 4.78 is 16.1. The van der Waals surface area contributed by atoms with Gasteiger partial charge in [-0.05, 0) is 47.7 Å². The zero-order chi connectivity index (χ0) is 20.9. The lowest BCUT2D eigenvalue weighted by Crippen LogP contribution is -2.35. The van der Waals surface area contributed by atoms with Crippen LogP contribution in [0.5, 0.6) is 0 Å². The van der Waals surface area contributed by atoms with Crippen molar-refractivity contribution >= 4 is 44.4 Å². The summed E-state index contributed by atoms with van der Waals surface area (Å²) in [5.41, 5.74) is 1.64. The highest BCUT2D eigenvalue weighted by Gasteiger charge is 2.20. The van der Waals surface area contributed by atoms with Crippen LogP contribution in [0.1, 0.15) is 12.5 Å². The van der Waals surface area contributed by atoms with E-state index in [9.17, 15) is 9.18 Å². The number of amides is 1. The number of halogens is 1. The Bertz CT molecular complexity index is 1130. The van der Waals surface area contributed by atoms with Crippen molar-refractivity contribution in [1.82, 2.24) is 14.8 Å². The maximum Gasteiger partial charge on any atom is 0.233 e. The zero-order valence-electron chi connectivity index (χ0n) is 16.5. The fourth-order valence-electron chi connectivity index (χ4n) is 3.10. The Hall–Kier alpha value is -2.71. The standard InChI is InChI=1S/C22H21FN4OS2/c1-2-29-18-7-4-16(5-8-18)14-21(28)27(13-12-26-11-3-10-24-26)22-25-19-9-6-17(23)15-20(19)30-22/h3-11,15H,2,12-14H2,1H3. The van der Waals surface area contributed by atoms with Gasteiger partial charge in [-0.1, -0.05) is 30.4 Å². The zero-order valence-corrected chi connectivity index (χ0v) is 18.1. The van der Waals surface area contributed by atoms with Gasteiger partial charge in [0.05, 0.1) is 23.2 Å². The Morgan fingerprint density at radius 3 is 2.80 bits per heavy atom. The molecule has 2 aromatic carbocycles. The lowest BCUT2D eigenvalue weighted by molar-refractivity contribution is -0.118. The number of carbonyl (C=O) groups excluding carboxylic acids is 1. The molecule has 0 unspecified atom stereocenters. The van der Waals surface area contributed by atoms with Crippen LogP contribution in [0.4, 0.5) is 9.52 Å². The molecule has 0 fully saturated rings. The molecule has 0 bridgehead atoms. The molecular weight excluding hydrogens is 419 g/mol. The maximum absolute atomic E-state index is 13.6. The summed E-state index contributed by atoms with van der Waals surface area (Å²) >= 11 is 3.10. The molecule has 154 valence electrons. The largest absolute Gasteiger partial charge is 0.286 e. The number of benzene rings is 2. The number of fused-ring (bicyclic) bond motifs is 1. The molecule has 0 radical (unpaired) electrons. The van der Waals surface area contributed by atoms with E-state index in [1.54, 1.807) is 33.6 Å². The SMILES string of the molecule is CCSc1ccc(CC(=O)N(CCn2cccn2)c2nc3ccc(F)cc3s2)cc1. The summed E-state index contributed by atoms with van der Waals surface area (Å²) in [5, 5.41) is 4.79. The molecule has 0 atom stereocenters. The minimum Gasteiger partial charge on any atom is -0.286 e. The van der Waals surface area contributed by atoms with Crippen LogP contribution in [0.3, 0.4) is 0 Å². The van der Waals surface area contributed by atoms with Crippen LogP contribution in [0.2, 0.25) is 0 Å². The predicted molar refractivity (Wildman–Crippen MR) is 121 cm³/mol. The third-order valence-corrected chi connectivity index (χ3v) is 6.51. The number of nitrogens with zero attached hydrogens (tertiary/aromatic N) is 4. The minimum atomic E-state index is -0.308. The highest BCUT2D eigenvalue weighted by atomic mass is 32.2. The Balaban J connectivity index is 1.57.